The van der Waals surface area contributed by atoms with Gasteiger partial charge in [-0.25, -0.2) is 4.39 Å². The second-order valence-electron chi connectivity index (χ2n) is 9.10. The monoisotopic (exact) mass is 356 g/mol. The summed E-state index contributed by atoms with van der Waals surface area (Å²) in [6.45, 7) is 4.84. The molecule has 0 amide bonds. The number of aliphatic hydroxyl groups is 1. The molecular formula is C22H29FN2O. The van der Waals surface area contributed by atoms with Crippen LogP contribution in [0.25, 0.3) is 10.9 Å². The average molecular weight is 356 g/mol. The Morgan fingerprint density at radius 1 is 1.19 bits per heavy atom. The maximum atomic E-state index is 13.8. The van der Waals surface area contributed by atoms with Gasteiger partial charge in [-0.2, -0.15) is 0 Å². The third-order valence-corrected chi connectivity index (χ3v) is 7.40. The van der Waals surface area contributed by atoms with E-state index in [-0.39, 0.29) is 16.6 Å². The standard InChI is InChI=1S/C22H29FN2O/c1-21-10-14(8-20(26)24-3)11-22(21,2)13-15(12-21)17-6-7-25-19-5-4-16(23)9-18(17)19/h4-7,9,14-15,20,24,26H,8,10-13H2,1-3H3/t14?,15?,20?,21-,22+. The second kappa shape index (κ2) is 6.28. The molecule has 140 valence electrons. The summed E-state index contributed by atoms with van der Waals surface area (Å²) in [7, 11) is 1.81. The fourth-order valence-corrected chi connectivity index (χ4v) is 5.97. The molecule has 2 aliphatic rings. The van der Waals surface area contributed by atoms with Crippen LogP contribution < -0.4 is 5.32 Å². The van der Waals surface area contributed by atoms with Crippen LogP contribution in [0.3, 0.4) is 0 Å². The molecule has 4 rings (SSSR count). The molecule has 2 N–H and O–H groups in total. The molecule has 26 heavy (non-hydrogen) atoms. The molecule has 0 radical (unpaired) electrons. The lowest BCUT2D eigenvalue weighted by Gasteiger charge is -2.34. The van der Waals surface area contributed by atoms with Gasteiger partial charge in [0, 0.05) is 11.6 Å². The number of halogens is 1. The summed E-state index contributed by atoms with van der Waals surface area (Å²) in [4.78, 5) is 4.41. The van der Waals surface area contributed by atoms with Gasteiger partial charge in [0.05, 0.1) is 5.52 Å². The van der Waals surface area contributed by atoms with Crippen LogP contribution in [-0.2, 0) is 0 Å². The van der Waals surface area contributed by atoms with Gasteiger partial charge >= 0.3 is 0 Å². The maximum Gasteiger partial charge on any atom is 0.123 e. The van der Waals surface area contributed by atoms with Gasteiger partial charge in [0.2, 0.25) is 0 Å². The van der Waals surface area contributed by atoms with Crippen LogP contribution in [-0.4, -0.2) is 23.4 Å². The van der Waals surface area contributed by atoms with Gasteiger partial charge in [0.1, 0.15) is 12.0 Å². The lowest BCUT2D eigenvalue weighted by atomic mass is 9.71. The highest BCUT2D eigenvalue weighted by molar-refractivity contribution is 5.82. The van der Waals surface area contributed by atoms with E-state index in [9.17, 15) is 9.50 Å². The summed E-state index contributed by atoms with van der Waals surface area (Å²) < 4.78 is 13.8. The summed E-state index contributed by atoms with van der Waals surface area (Å²) >= 11 is 0. The van der Waals surface area contributed by atoms with Gasteiger partial charge in [-0.15, -0.1) is 0 Å². The Kier molecular flexibility index (Phi) is 4.31. The molecule has 4 heteroatoms. The van der Waals surface area contributed by atoms with Crippen molar-refractivity contribution in [2.45, 2.75) is 58.1 Å². The molecule has 0 aliphatic heterocycles. The van der Waals surface area contributed by atoms with Crippen LogP contribution in [0, 0.1) is 22.6 Å². The van der Waals surface area contributed by atoms with Crippen molar-refractivity contribution in [3.05, 3.63) is 41.8 Å². The number of pyridine rings is 1. The van der Waals surface area contributed by atoms with Gasteiger partial charge < -0.3 is 5.11 Å². The van der Waals surface area contributed by atoms with Crippen LogP contribution in [0.4, 0.5) is 4.39 Å². The molecule has 0 saturated heterocycles. The average Bonchev–Trinajstić information content (AvgIpc) is 2.97. The van der Waals surface area contributed by atoms with E-state index in [2.05, 4.69) is 30.2 Å². The van der Waals surface area contributed by atoms with E-state index in [0.29, 0.717) is 11.8 Å². The first-order chi connectivity index (χ1) is 12.3. The first-order valence-corrected chi connectivity index (χ1v) is 9.73. The fraction of sp³-hybridized carbons (Fsp3) is 0.591. The van der Waals surface area contributed by atoms with Crippen molar-refractivity contribution < 1.29 is 9.50 Å². The van der Waals surface area contributed by atoms with E-state index in [1.807, 2.05) is 13.2 Å². The Balaban J connectivity index is 1.61. The van der Waals surface area contributed by atoms with E-state index in [1.54, 1.807) is 12.1 Å². The third-order valence-electron chi connectivity index (χ3n) is 7.40. The number of hydrogen-bond acceptors (Lipinski definition) is 3. The number of fused-ring (bicyclic) bond motifs is 2. The molecule has 1 heterocycles. The summed E-state index contributed by atoms with van der Waals surface area (Å²) in [6, 6.07) is 7.00. The van der Waals surface area contributed by atoms with Crippen molar-refractivity contribution in [1.82, 2.24) is 10.3 Å². The minimum absolute atomic E-state index is 0.191. The normalized spacial score (nSPS) is 35.0. The van der Waals surface area contributed by atoms with Gasteiger partial charge in [0.25, 0.3) is 0 Å². The minimum atomic E-state index is -0.408. The molecule has 2 fully saturated rings. The molecule has 1 aromatic carbocycles. The first-order valence-electron chi connectivity index (χ1n) is 9.73. The quantitative estimate of drug-likeness (QED) is 0.787. The predicted octanol–water partition coefficient (Wildman–Crippen LogP) is 4.60. The molecule has 1 aromatic heterocycles. The van der Waals surface area contributed by atoms with Crippen molar-refractivity contribution in [2.24, 2.45) is 16.7 Å². The van der Waals surface area contributed by atoms with Crippen molar-refractivity contribution in [1.29, 1.82) is 0 Å². The van der Waals surface area contributed by atoms with E-state index in [1.165, 1.54) is 11.6 Å². The van der Waals surface area contributed by atoms with Crippen molar-refractivity contribution in [2.75, 3.05) is 7.05 Å². The number of aliphatic hydroxyl groups excluding tert-OH is 1. The predicted molar refractivity (Wildman–Crippen MR) is 102 cm³/mol. The summed E-state index contributed by atoms with van der Waals surface area (Å²) in [5, 5.41) is 13.9. The molecule has 2 aromatic rings. The minimum Gasteiger partial charge on any atom is -0.379 e. The maximum absolute atomic E-state index is 13.8. The SMILES string of the molecule is CNC(O)CC1C[C@@]2(C)CC(c3ccnc4ccc(F)cc34)C[C@@]2(C)C1. The lowest BCUT2D eigenvalue weighted by molar-refractivity contribution is 0.113. The summed E-state index contributed by atoms with van der Waals surface area (Å²) in [6.07, 6.45) is 6.87. The molecule has 0 spiro atoms. The molecule has 2 aliphatic carbocycles. The van der Waals surface area contributed by atoms with Gasteiger partial charge in [0.15, 0.2) is 0 Å². The van der Waals surface area contributed by atoms with Gasteiger partial charge in [-0.1, -0.05) is 13.8 Å². The highest BCUT2D eigenvalue weighted by Gasteiger charge is 2.58. The molecule has 3 unspecified atom stereocenters. The molecule has 2 saturated carbocycles. The number of nitrogens with one attached hydrogen (secondary N) is 1. The Morgan fingerprint density at radius 3 is 2.54 bits per heavy atom. The summed E-state index contributed by atoms with van der Waals surface area (Å²) in [5.41, 5.74) is 2.68. The number of aromatic nitrogens is 1. The topological polar surface area (TPSA) is 45.1 Å². The molecule has 0 bridgehead atoms. The summed E-state index contributed by atoms with van der Waals surface area (Å²) in [5.74, 6) is 0.830. The van der Waals surface area contributed by atoms with Gasteiger partial charge in [-0.05, 0) is 91.6 Å². The number of benzene rings is 1. The zero-order chi connectivity index (χ0) is 18.5. The van der Waals surface area contributed by atoms with Crippen LogP contribution in [0.5, 0.6) is 0 Å². The lowest BCUT2D eigenvalue weighted by Crippen LogP contribution is -2.27. The Labute approximate surface area is 155 Å². The van der Waals surface area contributed by atoms with Crippen molar-refractivity contribution >= 4 is 10.9 Å². The Bertz CT molecular complexity index is 805. The van der Waals surface area contributed by atoms with Crippen LogP contribution in [0.2, 0.25) is 0 Å². The van der Waals surface area contributed by atoms with E-state index >= 15 is 0 Å². The van der Waals surface area contributed by atoms with E-state index in [4.69, 9.17) is 0 Å². The number of nitrogens with zero attached hydrogens (tertiary/aromatic N) is 1. The smallest absolute Gasteiger partial charge is 0.123 e. The highest BCUT2D eigenvalue weighted by atomic mass is 19.1. The Morgan fingerprint density at radius 2 is 1.88 bits per heavy atom. The van der Waals surface area contributed by atoms with Crippen LogP contribution in [0.15, 0.2) is 30.5 Å². The molecular weight excluding hydrogens is 327 g/mol. The third kappa shape index (κ3) is 2.84. The van der Waals surface area contributed by atoms with E-state index in [0.717, 1.165) is 43.0 Å². The van der Waals surface area contributed by atoms with Crippen molar-refractivity contribution in [3.63, 3.8) is 0 Å². The number of hydrogen-bond donors (Lipinski definition) is 2. The molecule has 3 nitrogen and oxygen atoms in total. The zero-order valence-electron chi connectivity index (χ0n) is 15.9. The van der Waals surface area contributed by atoms with Crippen LogP contribution >= 0.6 is 0 Å². The first kappa shape index (κ1) is 17.9. The van der Waals surface area contributed by atoms with E-state index < -0.39 is 6.23 Å². The van der Waals surface area contributed by atoms with Crippen molar-refractivity contribution in [3.8, 4) is 0 Å². The Hall–Kier alpha value is -1.52. The zero-order valence-corrected chi connectivity index (χ0v) is 15.9. The van der Waals surface area contributed by atoms with Gasteiger partial charge in [-0.3, -0.25) is 10.3 Å². The largest absolute Gasteiger partial charge is 0.379 e. The number of rotatable bonds is 4. The molecule has 5 atom stereocenters. The highest BCUT2D eigenvalue weighted by Crippen LogP contribution is 2.68. The fourth-order valence-electron chi connectivity index (χ4n) is 5.97. The second-order valence-corrected chi connectivity index (χ2v) is 9.10. The van der Waals surface area contributed by atoms with Crippen LogP contribution in [0.1, 0.15) is 57.4 Å².